The summed E-state index contributed by atoms with van der Waals surface area (Å²) in [6, 6.07) is 13.0. The van der Waals surface area contributed by atoms with Crippen LogP contribution in [0.2, 0.25) is 0 Å². The van der Waals surface area contributed by atoms with Gasteiger partial charge in [0.15, 0.2) is 0 Å². The van der Waals surface area contributed by atoms with Gasteiger partial charge in [-0.3, -0.25) is 0 Å². The summed E-state index contributed by atoms with van der Waals surface area (Å²) in [4.78, 5) is 2.79. The van der Waals surface area contributed by atoms with Crippen molar-refractivity contribution < 1.29 is 0 Å². The molecule has 1 heterocycles. The normalized spacial score (nSPS) is 10.7. The lowest BCUT2D eigenvalue weighted by Gasteiger charge is -2.02. The van der Waals surface area contributed by atoms with Gasteiger partial charge >= 0.3 is 0 Å². The molecule has 2 aromatic rings. The lowest BCUT2D eigenvalue weighted by Crippen LogP contribution is -2.12. The van der Waals surface area contributed by atoms with Gasteiger partial charge in [-0.1, -0.05) is 31.2 Å². The summed E-state index contributed by atoms with van der Waals surface area (Å²) in [7, 11) is 0. The van der Waals surface area contributed by atoms with E-state index in [1.54, 1.807) is 0 Å². The van der Waals surface area contributed by atoms with Gasteiger partial charge in [-0.25, -0.2) is 0 Å². The average Bonchev–Trinajstić information content (AvgIpc) is 2.79. The molecule has 0 fully saturated rings. The summed E-state index contributed by atoms with van der Waals surface area (Å²) < 4.78 is 0. The van der Waals surface area contributed by atoms with Gasteiger partial charge in [0, 0.05) is 16.3 Å². The van der Waals surface area contributed by atoms with Crippen LogP contribution in [0.1, 0.15) is 23.8 Å². The van der Waals surface area contributed by atoms with E-state index >= 15 is 0 Å². The maximum absolute atomic E-state index is 3.44. The second-order valence-electron chi connectivity index (χ2n) is 4.26. The molecule has 0 spiro atoms. The number of hydrogen-bond acceptors (Lipinski definition) is 2. The Bertz CT molecular complexity index is 473. The minimum atomic E-state index is 0.990. The molecule has 0 atom stereocenters. The van der Waals surface area contributed by atoms with E-state index in [4.69, 9.17) is 0 Å². The first kappa shape index (κ1) is 12.3. The van der Waals surface area contributed by atoms with Crippen LogP contribution in [0.3, 0.4) is 0 Å². The van der Waals surface area contributed by atoms with Crippen LogP contribution >= 0.6 is 11.3 Å². The molecule has 90 valence electrons. The van der Waals surface area contributed by atoms with Crippen LogP contribution in [0.15, 0.2) is 36.4 Å². The molecule has 0 aliphatic rings. The first-order valence-electron chi connectivity index (χ1n) is 6.16. The second kappa shape index (κ2) is 5.99. The quantitative estimate of drug-likeness (QED) is 0.778. The summed E-state index contributed by atoms with van der Waals surface area (Å²) >= 11 is 1.89. The molecule has 1 nitrogen and oxygen atoms in total. The van der Waals surface area contributed by atoms with Crippen molar-refractivity contribution in [3.8, 4) is 10.4 Å². The minimum absolute atomic E-state index is 0.990. The number of hydrogen-bond donors (Lipinski definition) is 1. The van der Waals surface area contributed by atoms with Crippen LogP contribution in [0.5, 0.6) is 0 Å². The van der Waals surface area contributed by atoms with Crippen molar-refractivity contribution in [2.24, 2.45) is 0 Å². The first-order valence-corrected chi connectivity index (χ1v) is 6.98. The zero-order valence-electron chi connectivity index (χ0n) is 10.5. The van der Waals surface area contributed by atoms with Crippen molar-refractivity contribution in [1.82, 2.24) is 5.32 Å². The Kier molecular flexibility index (Phi) is 4.35. The van der Waals surface area contributed by atoms with E-state index in [9.17, 15) is 0 Å². The van der Waals surface area contributed by atoms with Gasteiger partial charge in [0.2, 0.25) is 0 Å². The van der Waals surface area contributed by atoms with Gasteiger partial charge in [-0.05, 0) is 43.1 Å². The summed E-state index contributed by atoms with van der Waals surface area (Å²) in [6.07, 6.45) is 1.19. The van der Waals surface area contributed by atoms with Crippen molar-refractivity contribution in [3.63, 3.8) is 0 Å². The third kappa shape index (κ3) is 3.18. The van der Waals surface area contributed by atoms with Gasteiger partial charge in [0.1, 0.15) is 0 Å². The molecule has 1 aromatic carbocycles. The van der Waals surface area contributed by atoms with Crippen LogP contribution in [0.4, 0.5) is 0 Å². The number of thiophene rings is 1. The molecule has 0 amide bonds. The topological polar surface area (TPSA) is 12.0 Å². The van der Waals surface area contributed by atoms with Crippen LogP contribution in [0, 0.1) is 6.92 Å². The fraction of sp³-hybridized carbons (Fsp3) is 0.333. The van der Waals surface area contributed by atoms with E-state index in [1.165, 1.54) is 27.3 Å². The molecule has 0 aliphatic carbocycles. The molecule has 17 heavy (non-hydrogen) atoms. The molecule has 1 N–H and O–H groups in total. The fourth-order valence-electron chi connectivity index (χ4n) is 1.86. The minimum Gasteiger partial charge on any atom is -0.312 e. The summed E-state index contributed by atoms with van der Waals surface area (Å²) in [5.74, 6) is 0. The highest BCUT2D eigenvalue weighted by molar-refractivity contribution is 7.15. The number of nitrogens with one attached hydrogen (secondary N) is 1. The predicted molar refractivity (Wildman–Crippen MR) is 76.5 cm³/mol. The largest absolute Gasteiger partial charge is 0.312 e. The van der Waals surface area contributed by atoms with E-state index in [0.29, 0.717) is 0 Å². The van der Waals surface area contributed by atoms with Crippen molar-refractivity contribution in [3.05, 3.63) is 46.8 Å². The average molecular weight is 245 g/mol. The van der Waals surface area contributed by atoms with E-state index < -0.39 is 0 Å². The Balaban J connectivity index is 2.10. The number of aryl methyl sites for hydroxylation is 1. The molecule has 1 aromatic heterocycles. The Morgan fingerprint density at radius 2 is 1.94 bits per heavy atom. The van der Waals surface area contributed by atoms with Crippen molar-refractivity contribution in [2.45, 2.75) is 26.8 Å². The molecule has 2 heteroatoms. The highest BCUT2D eigenvalue weighted by atomic mass is 32.1. The zero-order valence-corrected chi connectivity index (χ0v) is 11.3. The number of benzene rings is 1. The summed E-state index contributed by atoms with van der Waals surface area (Å²) in [5.41, 5.74) is 2.71. The Morgan fingerprint density at radius 3 is 2.71 bits per heavy atom. The Labute approximate surface area is 108 Å². The molecule has 0 radical (unpaired) electrons. The van der Waals surface area contributed by atoms with E-state index in [-0.39, 0.29) is 0 Å². The lowest BCUT2D eigenvalue weighted by atomic mass is 10.1. The number of rotatable bonds is 5. The monoisotopic (exact) mass is 245 g/mol. The maximum atomic E-state index is 3.44. The molecular formula is C15H19NS. The van der Waals surface area contributed by atoms with Gasteiger partial charge in [0.05, 0.1) is 0 Å². The smallest absolute Gasteiger partial charge is 0.0348 e. The van der Waals surface area contributed by atoms with Gasteiger partial charge in [-0.15, -0.1) is 11.3 Å². The maximum Gasteiger partial charge on any atom is 0.0348 e. The second-order valence-corrected chi connectivity index (χ2v) is 5.43. The SMILES string of the molecule is CCCNCc1ccc(-c2ccccc2C)s1. The third-order valence-corrected chi connectivity index (χ3v) is 3.92. The van der Waals surface area contributed by atoms with Gasteiger partial charge < -0.3 is 5.32 Å². The molecule has 2 rings (SSSR count). The molecule has 0 aliphatic heterocycles. The standard InChI is InChI=1S/C15H19NS/c1-3-10-16-11-13-8-9-15(17-13)14-7-5-4-6-12(14)2/h4-9,16H,3,10-11H2,1-2H3. The molecular weight excluding hydrogens is 226 g/mol. The van der Waals surface area contributed by atoms with Crippen molar-refractivity contribution in [1.29, 1.82) is 0 Å². The third-order valence-electron chi connectivity index (χ3n) is 2.80. The van der Waals surface area contributed by atoms with Crippen molar-refractivity contribution in [2.75, 3.05) is 6.54 Å². The summed E-state index contributed by atoms with van der Waals surface area (Å²) in [6.45, 7) is 6.45. The van der Waals surface area contributed by atoms with E-state index in [2.05, 4.69) is 55.6 Å². The molecule has 0 saturated carbocycles. The first-order chi connectivity index (χ1) is 8.31. The lowest BCUT2D eigenvalue weighted by molar-refractivity contribution is 0.681. The zero-order chi connectivity index (χ0) is 12.1. The van der Waals surface area contributed by atoms with Crippen LogP contribution in [0.25, 0.3) is 10.4 Å². The highest BCUT2D eigenvalue weighted by Gasteiger charge is 2.04. The van der Waals surface area contributed by atoms with Crippen molar-refractivity contribution >= 4 is 11.3 Å². The van der Waals surface area contributed by atoms with E-state index in [0.717, 1.165) is 13.1 Å². The van der Waals surface area contributed by atoms with Crippen LogP contribution in [-0.4, -0.2) is 6.54 Å². The summed E-state index contributed by atoms with van der Waals surface area (Å²) in [5, 5.41) is 3.44. The van der Waals surface area contributed by atoms with E-state index in [1.807, 2.05) is 11.3 Å². The van der Waals surface area contributed by atoms with Gasteiger partial charge in [0.25, 0.3) is 0 Å². The molecule has 0 unspecified atom stereocenters. The Morgan fingerprint density at radius 1 is 1.12 bits per heavy atom. The molecule has 0 saturated heterocycles. The Hall–Kier alpha value is -1.12. The van der Waals surface area contributed by atoms with Gasteiger partial charge in [-0.2, -0.15) is 0 Å². The highest BCUT2D eigenvalue weighted by Crippen LogP contribution is 2.30. The van der Waals surface area contributed by atoms with Crippen LogP contribution in [-0.2, 0) is 6.54 Å². The fourth-order valence-corrected chi connectivity index (χ4v) is 2.92. The van der Waals surface area contributed by atoms with Crippen LogP contribution < -0.4 is 5.32 Å². The predicted octanol–water partition coefficient (Wildman–Crippen LogP) is 4.22. The molecule has 0 bridgehead atoms.